The molecule has 3 N–H and O–H groups in total. The van der Waals surface area contributed by atoms with Crippen molar-refractivity contribution in [1.29, 1.82) is 0 Å². The average Bonchev–Trinajstić information content (AvgIpc) is 3.37. The normalized spacial score (nSPS) is 11.0. The molecule has 0 fully saturated rings. The highest BCUT2D eigenvalue weighted by molar-refractivity contribution is 7.18. The van der Waals surface area contributed by atoms with Gasteiger partial charge in [-0.3, -0.25) is 14.9 Å². The highest BCUT2D eigenvalue weighted by Crippen LogP contribution is 2.35. The Bertz CT molecular complexity index is 1220. The third-order valence-electron chi connectivity index (χ3n) is 4.25. The Morgan fingerprint density at radius 2 is 2.00 bits per heavy atom. The van der Waals surface area contributed by atoms with Gasteiger partial charge in [-0.05, 0) is 43.3 Å². The van der Waals surface area contributed by atoms with Crippen molar-refractivity contribution in [3.8, 4) is 10.6 Å². The summed E-state index contributed by atoms with van der Waals surface area (Å²) in [6.07, 6.45) is 0. The van der Waals surface area contributed by atoms with Crippen LogP contribution in [-0.4, -0.2) is 21.8 Å². The van der Waals surface area contributed by atoms with Gasteiger partial charge in [0.25, 0.3) is 5.91 Å². The number of fused-ring (bicyclic) bond motifs is 1. The minimum atomic E-state index is -0.350. The molecular weight excluding hydrogens is 411 g/mol. The van der Waals surface area contributed by atoms with Gasteiger partial charge >= 0.3 is 0 Å². The predicted octanol–water partition coefficient (Wildman–Crippen LogP) is 4.69. The van der Waals surface area contributed by atoms with Gasteiger partial charge in [0, 0.05) is 27.6 Å². The van der Waals surface area contributed by atoms with E-state index in [4.69, 9.17) is 0 Å². The van der Waals surface area contributed by atoms with Crippen molar-refractivity contribution in [3.05, 3.63) is 57.7 Å². The molecule has 148 valence electrons. The maximum Gasteiger partial charge on any atom is 0.273 e. The largest absolute Gasteiger partial charge is 0.351 e. The SMILES string of the molecule is CC(=O)NCc1ccc(-c2nc(NC(=O)c3cc4cc(F)ccc4[nH]3)sc2C)s1. The smallest absolute Gasteiger partial charge is 0.273 e. The number of H-pyrrole nitrogens is 1. The lowest BCUT2D eigenvalue weighted by Crippen LogP contribution is -2.17. The number of carbonyl (C=O) groups excluding carboxylic acids is 2. The van der Waals surface area contributed by atoms with E-state index in [9.17, 15) is 14.0 Å². The van der Waals surface area contributed by atoms with Crippen molar-refractivity contribution in [1.82, 2.24) is 15.3 Å². The number of nitrogens with zero attached hydrogens (tertiary/aromatic N) is 1. The lowest BCUT2D eigenvalue weighted by Gasteiger charge is -1.98. The fraction of sp³-hybridized carbons (Fsp3) is 0.150. The summed E-state index contributed by atoms with van der Waals surface area (Å²) in [7, 11) is 0. The van der Waals surface area contributed by atoms with Gasteiger partial charge in [0.05, 0.1) is 17.1 Å². The van der Waals surface area contributed by atoms with E-state index in [1.54, 1.807) is 23.5 Å². The van der Waals surface area contributed by atoms with Crippen LogP contribution in [0.2, 0.25) is 0 Å². The summed E-state index contributed by atoms with van der Waals surface area (Å²) in [6, 6.07) is 9.85. The van der Waals surface area contributed by atoms with E-state index >= 15 is 0 Å². The summed E-state index contributed by atoms with van der Waals surface area (Å²) in [5, 5.41) is 6.70. The van der Waals surface area contributed by atoms with Crippen LogP contribution in [0.4, 0.5) is 9.52 Å². The van der Waals surface area contributed by atoms with E-state index in [2.05, 4.69) is 20.6 Å². The number of amides is 2. The molecule has 0 saturated carbocycles. The molecule has 0 aliphatic rings. The molecule has 0 bridgehead atoms. The number of hydrogen-bond donors (Lipinski definition) is 3. The highest BCUT2D eigenvalue weighted by atomic mass is 32.1. The Kier molecular flexibility index (Phi) is 5.16. The number of thiophene rings is 1. The molecule has 6 nitrogen and oxygen atoms in total. The van der Waals surface area contributed by atoms with Crippen LogP contribution in [0.3, 0.4) is 0 Å². The van der Waals surface area contributed by atoms with E-state index in [0.29, 0.717) is 28.3 Å². The number of aromatic nitrogens is 2. The number of halogens is 1. The van der Waals surface area contributed by atoms with Crippen LogP contribution in [0.5, 0.6) is 0 Å². The molecule has 4 aromatic rings. The van der Waals surface area contributed by atoms with Crippen LogP contribution in [0.15, 0.2) is 36.4 Å². The number of nitrogens with one attached hydrogen (secondary N) is 3. The Morgan fingerprint density at radius 1 is 1.17 bits per heavy atom. The van der Waals surface area contributed by atoms with Gasteiger partial charge in [-0.1, -0.05) is 0 Å². The van der Waals surface area contributed by atoms with Gasteiger partial charge in [0.2, 0.25) is 5.91 Å². The quantitative estimate of drug-likeness (QED) is 0.431. The van der Waals surface area contributed by atoms with Crippen LogP contribution in [0.1, 0.15) is 27.2 Å². The number of hydrogen-bond acceptors (Lipinski definition) is 5. The molecule has 0 saturated heterocycles. The third-order valence-corrected chi connectivity index (χ3v) is 6.23. The highest BCUT2D eigenvalue weighted by Gasteiger charge is 2.16. The number of anilines is 1. The Balaban J connectivity index is 1.51. The van der Waals surface area contributed by atoms with Crippen LogP contribution in [0, 0.1) is 12.7 Å². The summed E-state index contributed by atoms with van der Waals surface area (Å²) in [5.74, 6) is -0.758. The molecule has 2 amide bonds. The minimum Gasteiger partial charge on any atom is -0.351 e. The second kappa shape index (κ2) is 7.76. The molecule has 9 heteroatoms. The predicted molar refractivity (Wildman–Crippen MR) is 114 cm³/mol. The second-order valence-electron chi connectivity index (χ2n) is 6.47. The van der Waals surface area contributed by atoms with Crippen molar-refractivity contribution in [2.45, 2.75) is 20.4 Å². The van der Waals surface area contributed by atoms with Gasteiger partial charge < -0.3 is 10.3 Å². The van der Waals surface area contributed by atoms with Gasteiger partial charge in [-0.2, -0.15) is 0 Å². The van der Waals surface area contributed by atoms with Crippen LogP contribution < -0.4 is 10.6 Å². The zero-order valence-electron chi connectivity index (χ0n) is 15.6. The molecule has 0 aliphatic carbocycles. The summed E-state index contributed by atoms with van der Waals surface area (Å²) < 4.78 is 13.3. The molecule has 1 aromatic carbocycles. The molecule has 3 aromatic heterocycles. The van der Waals surface area contributed by atoms with E-state index in [1.807, 2.05) is 19.1 Å². The Labute approximate surface area is 173 Å². The zero-order valence-corrected chi connectivity index (χ0v) is 17.3. The average molecular weight is 429 g/mol. The third kappa shape index (κ3) is 4.20. The van der Waals surface area contributed by atoms with Gasteiger partial charge in [-0.15, -0.1) is 22.7 Å². The number of aryl methyl sites for hydroxylation is 1. The van der Waals surface area contributed by atoms with Gasteiger partial charge in [0.15, 0.2) is 5.13 Å². The molecule has 0 atom stereocenters. The summed E-state index contributed by atoms with van der Waals surface area (Å²) >= 11 is 2.94. The van der Waals surface area contributed by atoms with Crippen molar-refractivity contribution in [2.75, 3.05) is 5.32 Å². The maximum atomic E-state index is 13.3. The summed E-state index contributed by atoms with van der Waals surface area (Å²) in [5.41, 5.74) is 1.84. The monoisotopic (exact) mass is 428 g/mol. The first-order valence-corrected chi connectivity index (χ1v) is 10.4. The minimum absolute atomic E-state index is 0.0745. The van der Waals surface area contributed by atoms with Crippen molar-refractivity contribution < 1.29 is 14.0 Å². The van der Waals surface area contributed by atoms with E-state index < -0.39 is 0 Å². The summed E-state index contributed by atoms with van der Waals surface area (Å²) in [4.78, 5) is 34.2. The second-order valence-corrected chi connectivity index (χ2v) is 8.84. The lowest BCUT2D eigenvalue weighted by molar-refractivity contribution is -0.119. The summed E-state index contributed by atoms with van der Waals surface area (Å²) in [6.45, 7) is 3.91. The Morgan fingerprint density at radius 3 is 2.79 bits per heavy atom. The fourth-order valence-corrected chi connectivity index (χ4v) is 4.76. The molecule has 0 radical (unpaired) electrons. The van der Waals surface area contributed by atoms with E-state index in [1.165, 1.54) is 30.4 Å². The van der Waals surface area contributed by atoms with Crippen LogP contribution in [-0.2, 0) is 11.3 Å². The maximum absolute atomic E-state index is 13.3. The van der Waals surface area contributed by atoms with Crippen LogP contribution in [0.25, 0.3) is 21.5 Å². The first kappa shape index (κ1) is 19.3. The number of carbonyl (C=O) groups is 2. The number of benzene rings is 1. The lowest BCUT2D eigenvalue weighted by atomic mass is 10.2. The zero-order chi connectivity index (χ0) is 20.5. The van der Waals surface area contributed by atoms with E-state index in [0.717, 1.165) is 20.3 Å². The fourth-order valence-electron chi connectivity index (χ4n) is 2.88. The van der Waals surface area contributed by atoms with Crippen LogP contribution >= 0.6 is 22.7 Å². The van der Waals surface area contributed by atoms with Crippen molar-refractivity contribution in [2.24, 2.45) is 0 Å². The van der Waals surface area contributed by atoms with Crippen molar-refractivity contribution >= 4 is 50.5 Å². The Hall–Kier alpha value is -3.04. The number of aromatic amines is 1. The topological polar surface area (TPSA) is 86.9 Å². The molecule has 3 heterocycles. The van der Waals surface area contributed by atoms with Gasteiger partial charge in [0.1, 0.15) is 11.5 Å². The number of thiazole rings is 1. The molecule has 29 heavy (non-hydrogen) atoms. The standard InChI is InChI=1S/C20H17FN4O2S2/c1-10-18(17-6-4-14(29-17)9-22-11(2)26)24-20(28-10)25-19(27)16-8-12-7-13(21)3-5-15(12)23-16/h3-8,23H,9H2,1-2H3,(H,22,26)(H,24,25,27). The molecule has 4 rings (SSSR count). The first-order chi connectivity index (χ1) is 13.9. The van der Waals surface area contributed by atoms with E-state index in [-0.39, 0.29) is 17.6 Å². The molecule has 0 spiro atoms. The van der Waals surface area contributed by atoms with Gasteiger partial charge in [-0.25, -0.2) is 9.37 Å². The van der Waals surface area contributed by atoms with Crippen molar-refractivity contribution in [3.63, 3.8) is 0 Å². The molecular formula is C20H17FN4O2S2. The number of rotatable bonds is 5. The molecule has 0 aliphatic heterocycles. The first-order valence-electron chi connectivity index (χ1n) is 8.79. The molecule has 0 unspecified atom stereocenters.